The standard InChI is InChI=1S/C13H18ClNO3/c1-4-17-11-7-6-10(8-12(11)18-5-2)15-13(16)9(3)14/h6-9H,4-5H2,1-3H3,(H,15,16). The molecule has 1 atom stereocenters. The lowest BCUT2D eigenvalue weighted by Gasteiger charge is -2.13. The molecule has 1 unspecified atom stereocenters. The number of carbonyl (C=O) groups is 1. The lowest BCUT2D eigenvalue weighted by atomic mass is 10.2. The second-order valence-electron chi connectivity index (χ2n) is 3.63. The summed E-state index contributed by atoms with van der Waals surface area (Å²) in [5.74, 6) is 1.03. The van der Waals surface area contributed by atoms with Crippen molar-refractivity contribution in [2.45, 2.75) is 26.1 Å². The molecule has 0 saturated heterocycles. The van der Waals surface area contributed by atoms with Gasteiger partial charge in [-0.2, -0.15) is 0 Å². The average Bonchev–Trinajstić information content (AvgIpc) is 2.33. The summed E-state index contributed by atoms with van der Waals surface area (Å²) in [6, 6.07) is 5.25. The molecule has 0 radical (unpaired) electrons. The summed E-state index contributed by atoms with van der Waals surface area (Å²) >= 11 is 5.69. The van der Waals surface area contributed by atoms with E-state index in [0.717, 1.165) is 0 Å². The number of halogens is 1. The van der Waals surface area contributed by atoms with Crippen LogP contribution in [0.5, 0.6) is 11.5 Å². The van der Waals surface area contributed by atoms with Crippen molar-refractivity contribution in [2.75, 3.05) is 18.5 Å². The molecule has 1 rings (SSSR count). The van der Waals surface area contributed by atoms with Gasteiger partial charge in [-0.05, 0) is 32.9 Å². The third-order valence-corrected chi connectivity index (χ3v) is 2.37. The number of alkyl halides is 1. The highest BCUT2D eigenvalue weighted by molar-refractivity contribution is 6.32. The molecule has 0 heterocycles. The molecular weight excluding hydrogens is 254 g/mol. The first-order valence-corrected chi connectivity index (χ1v) is 6.36. The third-order valence-electron chi connectivity index (χ3n) is 2.17. The van der Waals surface area contributed by atoms with E-state index >= 15 is 0 Å². The molecule has 0 fully saturated rings. The quantitative estimate of drug-likeness (QED) is 0.809. The second-order valence-corrected chi connectivity index (χ2v) is 4.29. The first-order valence-electron chi connectivity index (χ1n) is 5.93. The topological polar surface area (TPSA) is 47.6 Å². The van der Waals surface area contributed by atoms with Crippen molar-refractivity contribution in [1.82, 2.24) is 0 Å². The van der Waals surface area contributed by atoms with Crippen molar-refractivity contribution >= 4 is 23.2 Å². The Morgan fingerprint density at radius 1 is 1.28 bits per heavy atom. The van der Waals surface area contributed by atoms with Gasteiger partial charge in [0.05, 0.1) is 13.2 Å². The molecule has 0 aliphatic heterocycles. The molecule has 0 bridgehead atoms. The van der Waals surface area contributed by atoms with Crippen LogP contribution in [0.2, 0.25) is 0 Å². The van der Waals surface area contributed by atoms with E-state index < -0.39 is 5.38 Å². The lowest BCUT2D eigenvalue weighted by molar-refractivity contribution is -0.115. The summed E-state index contributed by atoms with van der Waals surface area (Å²) in [6.07, 6.45) is 0. The predicted octanol–water partition coefficient (Wildman–Crippen LogP) is 3.05. The summed E-state index contributed by atoms with van der Waals surface area (Å²) in [5.41, 5.74) is 0.638. The van der Waals surface area contributed by atoms with E-state index in [0.29, 0.717) is 30.4 Å². The van der Waals surface area contributed by atoms with Crippen LogP contribution in [0.25, 0.3) is 0 Å². The van der Waals surface area contributed by atoms with E-state index in [9.17, 15) is 4.79 Å². The highest BCUT2D eigenvalue weighted by atomic mass is 35.5. The first kappa shape index (κ1) is 14.6. The number of hydrogen-bond donors (Lipinski definition) is 1. The Morgan fingerprint density at radius 2 is 1.89 bits per heavy atom. The van der Waals surface area contributed by atoms with E-state index in [1.165, 1.54) is 0 Å². The van der Waals surface area contributed by atoms with Crippen LogP contribution in [0.1, 0.15) is 20.8 Å². The number of rotatable bonds is 6. The van der Waals surface area contributed by atoms with Gasteiger partial charge in [-0.25, -0.2) is 0 Å². The van der Waals surface area contributed by atoms with Gasteiger partial charge in [0.1, 0.15) is 5.38 Å². The SMILES string of the molecule is CCOc1ccc(NC(=O)C(C)Cl)cc1OCC. The average molecular weight is 272 g/mol. The Hall–Kier alpha value is -1.42. The van der Waals surface area contributed by atoms with E-state index in [4.69, 9.17) is 21.1 Å². The fourth-order valence-electron chi connectivity index (χ4n) is 1.37. The van der Waals surface area contributed by atoms with Crippen molar-refractivity contribution < 1.29 is 14.3 Å². The maximum atomic E-state index is 11.5. The van der Waals surface area contributed by atoms with E-state index in [-0.39, 0.29) is 5.91 Å². The molecule has 0 aliphatic carbocycles. The minimum absolute atomic E-state index is 0.247. The molecule has 18 heavy (non-hydrogen) atoms. The summed E-state index contributed by atoms with van der Waals surface area (Å²) < 4.78 is 10.9. The Kier molecular flexibility index (Phi) is 5.78. The summed E-state index contributed by atoms with van der Waals surface area (Å²) in [5, 5.41) is 2.13. The van der Waals surface area contributed by atoms with E-state index in [1.54, 1.807) is 25.1 Å². The van der Waals surface area contributed by atoms with Crippen LogP contribution >= 0.6 is 11.6 Å². The van der Waals surface area contributed by atoms with Crippen molar-refractivity contribution in [1.29, 1.82) is 0 Å². The number of amides is 1. The van der Waals surface area contributed by atoms with Gasteiger partial charge in [-0.1, -0.05) is 0 Å². The van der Waals surface area contributed by atoms with Gasteiger partial charge in [0.25, 0.3) is 0 Å². The normalized spacial score (nSPS) is 11.8. The molecule has 4 nitrogen and oxygen atoms in total. The van der Waals surface area contributed by atoms with Crippen LogP contribution in [0.3, 0.4) is 0 Å². The number of hydrogen-bond acceptors (Lipinski definition) is 3. The molecule has 1 aromatic rings. The van der Waals surface area contributed by atoms with Gasteiger partial charge in [0.2, 0.25) is 5.91 Å². The molecule has 1 amide bonds. The zero-order valence-corrected chi connectivity index (χ0v) is 11.6. The molecule has 0 aromatic heterocycles. The van der Waals surface area contributed by atoms with Crippen molar-refractivity contribution in [3.05, 3.63) is 18.2 Å². The van der Waals surface area contributed by atoms with Crippen molar-refractivity contribution in [3.63, 3.8) is 0 Å². The minimum atomic E-state index is -0.577. The number of ether oxygens (including phenoxy) is 2. The van der Waals surface area contributed by atoms with Gasteiger partial charge in [0, 0.05) is 11.8 Å². The lowest BCUT2D eigenvalue weighted by Crippen LogP contribution is -2.20. The number of benzene rings is 1. The minimum Gasteiger partial charge on any atom is -0.490 e. The number of carbonyl (C=O) groups excluding carboxylic acids is 1. The van der Waals surface area contributed by atoms with Gasteiger partial charge < -0.3 is 14.8 Å². The van der Waals surface area contributed by atoms with Gasteiger partial charge in [-0.3, -0.25) is 4.79 Å². The fraction of sp³-hybridized carbons (Fsp3) is 0.462. The van der Waals surface area contributed by atoms with Crippen LogP contribution in [0.4, 0.5) is 5.69 Å². The molecule has 5 heteroatoms. The molecule has 0 aliphatic rings. The van der Waals surface area contributed by atoms with Crippen LogP contribution in [0, 0.1) is 0 Å². The van der Waals surface area contributed by atoms with Crippen LogP contribution in [0.15, 0.2) is 18.2 Å². The number of nitrogens with one attached hydrogen (secondary N) is 1. The van der Waals surface area contributed by atoms with Crippen LogP contribution in [-0.2, 0) is 4.79 Å². The van der Waals surface area contributed by atoms with Gasteiger partial charge in [-0.15, -0.1) is 11.6 Å². The van der Waals surface area contributed by atoms with Gasteiger partial charge in [0.15, 0.2) is 11.5 Å². The number of anilines is 1. The Labute approximate surface area is 112 Å². The zero-order chi connectivity index (χ0) is 13.5. The summed E-state index contributed by atoms with van der Waals surface area (Å²) in [6.45, 7) is 6.51. The third kappa shape index (κ3) is 4.11. The Bertz CT molecular complexity index is 407. The Morgan fingerprint density at radius 3 is 2.44 bits per heavy atom. The van der Waals surface area contributed by atoms with E-state index in [2.05, 4.69) is 5.32 Å². The summed E-state index contributed by atoms with van der Waals surface area (Å²) in [4.78, 5) is 11.5. The fourth-order valence-corrected chi connectivity index (χ4v) is 1.43. The molecular formula is C13H18ClNO3. The monoisotopic (exact) mass is 271 g/mol. The first-order chi connectivity index (χ1) is 8.58. The second kappa shape index (κ2) is 7.11. The summed E-state index contributed by atoms with van der Waals surface area (Å²) in [7, 11) is 0. The molecule has 100 valence electrons. The molecule has 0 saturated carbocycles. The molecule has 0 spiro atoms. The van der Waals surface area contributed by atoms with Crippen molar-refractivity contribution in [3.8, 4) is 11.5 Å². The van der Waals surface area contributed by atoms with Crippen molar-refractivity contribution in [2.24, 2.45) is 0 Å². The maximum Gasteiger partial charge on any atom is 0.242 e. The maximum absolute atomic E-state index is 11.5. The largest absolute Gasteiger partial charge is 0.490 e. The predicted molar refractivity (Wildman–Crippen MR) is 72.7 cm³/mol. The molecule has 1 aromatic carbocycles. The highest BCUT2D eigenvalue weighted by Gasteiger charge is 2.11. The smallest absolute Gasteiger partial charge is 0.242 e. The van der Waals surface area contributed by atoms with Gasteiger partial charge >= 0.3 is 0 Å². The Balaban J connectivity index is 2.88. The highest BCUT2D eigenvalue weighted by Crippen LogP contribution is 2.30. The van der Waals surface area contributed by atoms with Crippen LogP contribution < -0.4 is 14.8 Å². The molecule has 1 N–H and O–H groups in total. The van der Waals surface area contributed by atoms with E-state index in [1.807, 2.05) is 13.8 Å². The van der Waals surface area contributed by atoms with Crippen LogP contribution in [-0.4, -0.2) is 24.5 Å². The zero-order valence-electron chi connectivity index (χ0n) is 10.8.